The summed E-state index contributed by atoms with van der Waals surface area (Å²) in [6.45, 7) is 3.74. The van der Waals surface area contributed by atoms with Crippen LogP contribution in [0.1, 0.15) is 13.8 Å². The molecule has 8 heteroatoms. The fraction of sp³-hybridized carbons (Fsp3) is 0.214. The molecule has 1 heterocycles. The standard InChI is InChI=1S/C14H15Cl2N5O/c1-8(2)17-14(22)19-13-6-5-12(20-21-13)18-11-7-9(15)3-4-10(11)16/h3-8H,1-2H3,(H,18,20)(H2,17,19,21,22). The maximum Gasteiger partial charge on any atom is 0.320 e. The molecule has 1 aromatic carbocycles. The summed E-state index contributed by atoms with van der Waals surface area (Å²) in [6, 6.07) is 8.09. The van der Waals surface area contributed by atoms with Crippen LogP contribution >= 0.6 is 23.2 Å². The highest BCUT2D eigenvalue weighted by Crippen LogP contribution is 2.27. The van der Waals surface area contributed by atoms with Crippen LogP contribution in [0, 0.1) is 0 Å². The van der Waals surface area contributed by atoms with Gasteiger partial charge in [-0.25, -0.2) is 4.79 Å². The number of aromatic nitrogens is 2. The van der Waals surface area contributed by atoms with Crippen molar-refractivity contribution in [1.29, 1.82) is 0 Å². The molecule has 3 N–H and O–H groups in total. The number of carbonyl (C=O) groups is 1. The number of hydrogen-bond acceptors (Lipinski definition) is 4. The van der Waals surface area contributed by atoms with Crippen LogP contribution in [-0.4, -0.2) is 22.3 Å². The smallest absolute Gasteiger partial charge is 0.320 e. The van der Waals surface area contributed by atoms with Gasteiger partial charge in [0.05, 0.1) is 10.7 Å². The number of carbonyl (C=O) groups excluding carboxylic acids is 1. The summed E-state index contributed by atoms with van der Waals surface area (Å²) in [7, 11) is 0. The molecule has 0 atom stereocenters. The van der Waals surface area contributed by atoms with Gasteiger partial charge in [-0.05, 0) is 44.2 Å². The molecule has 0 unspecified atom stereocenters. The van der Waals surface area contributed by atoms with Crippen LogP contribution in [0.4, 0.5) is 22.1 Å². The molecule has 2 amide bonds. The van der Waals surface area contributed by atoms with Crippen LogP contribution in [0.25, 0.3) is 0 Å². The third kappa shape index (κ3) is 4.75. The number of anilines is 3. The van der Waals surface area contributed by atoms with Crippen molar-refractivity contribution in [3.05, 3.63) is 40.4 Å². The molecule has 1 aromatic heterocycles. The van der Waals surface area contributed by atoms with Crippen molar-refractivity contribution in [1.82, 2.24) is 15.5 Å². The zero-order chi connectivity index (χ0) is 16.1. The Kier molecular flexibility index (Phi) is 5.41. The minimum absolute atomic E-state index is 0.0406. The monoisotopic (exact) mass is 339 g/mol. The average molecular weight is 340 g/mol. The van der Waals surface area contributed by atoms with Gasteiger partial charge < -0.3 is 10.6 Å². The van der Waals surface area contributed by atoms with Gasteiger partial charge in [0.25, 0.3) is 0 Å². The SMILES string of the molecule is CC(C)NC(=O)Nc1ccc(Nc2cc(Cl)ccc2Cl)nn1. The van der Waals surface area contributed by atoms with Crippen molar-refractivity contribution in [2.24, 2.45) is 0 Å². The molecule has 6 nitrogen and oxygen atoms in total. The van der Waals surface area contributed by atoms with E-state index in [0.29, 0.717) is 27.4 Å². The number of rotatable bonds is 4. The summed E-state index contributed by atoms with van der Waals surface area (Å²) >= 11 is 12.0. The Bertz CT molecular complexity index is 661. The van der Waals surface area contributed by atoms with Gasteiger partial charge in [-0.1, -0.05) is 23.2 Å². The van der Waals surface area contributed by atoms with Gasteiger partial charge in [0.15, 0.2) is 11.6 Å². The first kappa shape index (κ1) is 16.3. The van der Waals surface area contributed by atoms with E-state index in [0.717, 1.165) is 0 Å². The summed E-state index contributed by atoms with van der Waals surface area (Å²) in [5.41, 5.74) is 0.627. The van der Waals surface area contributed by atoms with Gasteiger partial charge in [-0.3, -0.25) is 5.32 Å². The van der Waals surface area contributed by atoms with Gasteiger partial charge in [0.1, 0.15) is 0 Å². The summed E-state index contributed by atoms with van der Waals surface area (Å²) < 4.78 is 0. The second-order valence-electron chi connectivity index (χ2n) is 4.81. The first-order chi connectivity index (χ1) is 10.4. The topological polar surface area (TPSA) is 78.9 Å². The number of urea groups is 1. The lowest BCUT2D eigenvalue weighted by atomic mass is 10.3. The molecule has 0 aliphatic rings. The Balaban J connectivity index is 2.03. The molecule has 2 aromatic rings. The van der Waals surface area contributed by atoms with Gasteiger partial charge in [0, 0.05) is 11.1 Å². The van der Waals surface area contributed by atoms with Crippen molar-refractivity contribution in [3.8, 4) is 0 Å². The van der Waals surface area contributed by atoms with Crippen molar-refractivity contribution >= 4 is 46.6 Å². The van der Waals surface area contributed by atoms with Crippen molar-refractivity contribution in [2.45, 2.75) is 19.9 Å². The van der Waals surface area contributed by atoms with E-state index < -0.39 is 0 Å². The number of nitrogens with zero attached hydrogens (tertiary/aromatic N) is 2. The molecule has 0 saturated heterocycles. The van der Waals surface area contributed by atoms with Crippen molar-refractivity contribution in [3.63, 3.8) is 0 Å². The third-order valence-corrected chi connectivity index (χ3v) is 3.08. The highest BCUT2D eigenvalue weighted by molar-refractivity contribution is 6.35. The quantitative estimate of drug-likeness (QED) is 0.784. The maximum atomic E-state index is 11.5. The van der Waals surface area contributed by atoms with Crippen LogP contribution < -0.4 is 16.0 Å². The molecule has 0 fully saturated rings. The van der Waals surface area contributed by atoms with E-state index in [-0.39, 0.29) is 12.1 Å². The molecule has 116 valence electrons. The molecule has 0 spiro atoms. The Labute approximate surface area is 138 Å². The first-order valence-electron chi connectivity index (χ1n) is 6.57. The van der Waals surface area contributed by atoms with Gasteiger partial charge in [0.2, 0.25) is 0 Å². The van der Waals surface area contributed by atoms with E-state index in [9.17, 15) is 4.79 Å². The summed E-state index contributed by atoms with van der Waals surface area (Å²) in [6.07, 6.45) is 0. The van der Waals surface area contributed by atoms with E-state index in [4.69, 9.17) is 23.2 Å². The Morgan fingerprint density at radius 1 is 1.09 bits per heavy atom. The second-order valence-corrected chi connectivity index (χ2v) is 5.65. The Hall–Kier alpha value is -2.05. The lowest BCUT2D eigenvalue weighted by Crippen LogP contribution is -2.34. The predicted octanol–water partition coefficient (Wildman–Crippen LogP) is 4.06. The molecule has 2 rings (SSSR count). The minimum atomic E-state index is -0.331. The number of nitrogens with one attached hydrogen (secondary N) is 3. The molecule has 0 radical (unpaired) electrons. The fourth-order valence-corrected chi connectivity index (χ4v) is 1.95. The normalized spacial score (nSPS) is 10.4. The van der Waals surface area contributed by atoms with Gasteiger partial charge in [-0.2, -0.15) is 0 Å². The molecular formula is C14H15Cl2N5O. The van der Waals surface area contributed by atoms with Crippen LogP contribution in [0.3, 0.4) is 0 Å². The van der Waals surface area contributed by atoms with E-state index in [1.165, 1.54) is 0 Å². The maximum absolute atomic E-state index is 11.5. The zero-order valence-electron chi connectivity index (χ0n) is 12.0. The molecule has 0 aliphatic heterocycles. The lowest BCUT2D eigenvalue weighted by Gasteiger charge is -2.10. The van der Waals surface area contributed by atoms with Gasteiger partial charge >= 0.3 is 6.03 Å². The molecule has 0 saturated carbocycles. The second kappa shape index (κ2) is 7.29. The number of amides is 2. The number of benzene rings is 1. The van der Waals surface area contributed by atoms with Crippen LogP contribution in [0.2, 0.25) is 10.0 Å². The van der Waals surface area contributed by atoms with Crippen LogP contribution in [0.5, 0.6) is 0 Å². The van der Waals surface area contributed by atoms with E-state index in [2.05, 4.69) is 26.1 Å². The van der Waals surface area contributed by atoms with E-state index in [1.807, 2.05) is 13.8 Å². The zero-order valence-corrected chi connectivity index (χ0v) is 13.5. The highest BCUT2D eigenvalue weighted by atomic mass is 35.5. The Morgan fingerprint density at radius 3 is 2.41 bits per heavy atom. The van der Waals surface area contributed by atoms with Crippen LogP contribution in [-0.2, 0) is 0 Å². The predicted molar refractivity (Wildman–Crippen MR) is 89.1 cm³/mol. The number of halogens is 2. The average Bonchev–Trinajstić information content (AvgIpc) is 2.44. The summed E-state index contributed by atoms with van der Waals surface area (Å²) in [5.74, 6) is 0.833. The van der Waals surface area contributed by atoms with Gasteiger partial charge in [-0.15, -0.1) is 10.2 Å². The highest BCUT2D eigenvalue weighted by Gasteiger charge is 2.06. The molecule has 0 bridgehead atoms. The minimum Gasteiger partial charge on any atom is -0.337 e. The Morgan fingerprint density at radius 2 is 1.77 bits per heavy atom. The fourth-order valence-electron chi connectivity index (χ4n) is 1.61. The van der Waals surface area contributed by atoms with E-state index >= 15 is 0 Å². The van der Waals surface area contributed by atoms with Crippen molar-refractivity contribution in [2.75, 3.05) is 10.6 Å². The number of hydrogen-bond donors (Lipinski definition) is 3. The van der Waals surface area contributed by atoms with Crippen LogP contribution in [0.15, 0.2) is 30.3 Å². The third-order valence-electron chi connectivity index (χ3n) is 2.52. The largest absolute Gasteiger partial charge is 0.337 e. The summed E-state index contributed by atoms with van der Waals surface area (Å²) in [5, 5.41) is 17.2. The van der Waals surface area contributed by atoms with E-state index in [1.54, 1.807) is 30.3 Å². The molecule has 0 aliphatic carbocycles. The molecular weight excluding hydrogens is 325 g/mol. The molecule has 22 heavy (non-hydrogen) atoms. The van der Waals surface area contributed by atoms with Crippen molar-refractivity contribution < 1.29 is 4.79 Å². The first-order valence-corrected chi connectivity index (χ1v) is 7.33. The lowest BCUT2D eigenvalue weighted by molar-refractivity contribution is 0.250. The summed E-state index contributed by atoms with van der Waals surface area (Å²) in [4.78, 5) is 11.5.